The van der Waals surface area contributed by atoms with Crippen LogP contribution in [0.1, 0.15) is 42.1 Å². The van der Waals surface area contributed by atoms with Crippen LogP contribution in [0.25, 0.3) is 5.76 Å². The van der Waals surface area contributed by atoms with Crippen molar-refractivity contribution in [2.24, 2.45) is 0 Å². The maximum absolute atomic E-state index is 13.5. The zero-order chi connectivity index (χ0) is 26.9. The Kier molecular flexibility index (Phi) is 7.73. The maximum Gasteiger partial charge on any atom is 0.300 e. The lowest BCUT2D eigenvalue weighted by Gasteiger charge is -2.28. The highest BCUT2D eigenvalue weighted by atomic mass is 79.9. The fraction of sp³-hybridized carbons (Fsp3) is 0.267. The normalized spacial score (nSPS) is 16.8. The predicted molar refractivity (Wildman–Crippen MR) is 151 cm³/mol. The first kappa shape index (κ1) is 26.5. The monoisotopic (exact) mass is 562 g/mol. The van der Waals surface area contributed by atoms with Crippen LogP contribution in [0.5, 0.6) is 5.75 Å². The van der Waals surface area contributed by atoms with Crippen molar-refractivity contribution in [3.05, 3.63) is 93.0 Å². The number of benzene rings is 3. The summed E-state index contributed by atoms with van der Waals surface area (Å²) >= 11 is 3.45. The first-order valence-corrected chi connectivity index (χ1v) is 13.1. The molecule has 1 fully saturated rings. The topological polar surface area (TPSA) is 70.1 Å². The van der Waals surface area contributed by atoms with E-state index in [9.17, 15) is 14.7 Å². The lowest BCUT2D eigenvalue weighted by Crippen LogP contribution is -2.30. The van der Waals surface area contributed by atoms with Gasteiger partial charge in [-0.2, -0.15) is 0 Å². The van der Waals surface area contributed by atoms with Crippen molar-refractivity contribution in [1.82, 2.24) is 0 Å². The molecule has 6 nitrogen and oxygen atoms in total. The minimum Gasteiger partial charge on any atom is -0.507 e. The molecular weight excluding hydrogens is 532 g/mol. The Morgan fingerprint density at radius 3 is 2.24 bits per heavy atom. The Hall–Kier alpha value is -3.58. The van der Waals surface area contributed by atoms with Crippen molar-refractivity contribution in [2.75, 3.05) is 30.0 Å². The second kappa shape index (κ2) is 10.8. The van der Waals surface area contributed by atoms with Crippen molar-refractivity contribution in [3.8, 4) is 5.75 Å². The minimum absolute atomic E-state index is 0.0534. The molecule has 0 radical (unpaired) electrons. The number of hydrogen-bond donors (Lipinski definition) is 1. The summed E-state index contributed by atoms with van der Waals surface area (Å²) in [4.78, 5) is 30.7. The molecule has 1 amide bonds. The van der Waals surface area contributed by atoms with E-state index in [1.54, 1.807) is 25.3 Å². The maximum atomic E-state index is 13.5. The zero-order valence-corrected chi connectivity index (χ0v) is 23.3. The number of ketones is 1. The number of aliphatic hydroxyl groups is 1. The number of hydrogen-bond acceptors (Lipinski definition) is 5. The third-order valence-electron chi connectivity index (χ3n) is 6.82. The van der Waals surface area contributed by atoms with Gasteiger partial charge in [-0.15, -0.1) is 0 Å². The molecule has 1 atom stereocenters. The van der Waals surface area contributed by atoms with Crippen molar-refractivity contribution >= 4 is 44.8 Å². The van der Waals surface area contributed by atoms with Crippen molar-refractivity contribution < 1.29 is 19.4 Å². The summed E-state index contributed by atoms with van der Waals surface area (Å²) in [5.74, 6) is -1.02. The van der Waals surface area contributed by atoms with Gasteiger partial charge in [0.25, 0.3) is 11.7 Å². The average Bonchev–Trinajstić information content (AvgIpc) is 3.15. The molecule has 1 aliphatic heterocycles. The zero-order valence-electron chi connectivity index (χ0n) is 21.7. The molecule has 1 aliphatic rings. The number of amides is 1. The Bertz CT molecular complexity index is 1380. The largest absolute Gasteiger partial charge is 0.507 e. The number of aryl methyl sites for hydroxylation is 2. The van der Waals surface area contributed by atoms with Crippen LogP contribution in [0.3, 0.4) is 0 Å². The van der Waals surface area contributed by atoms with E-state index in [1.165, 1.54) is 4.90 Å². The summed E-state index contributed by atoms with van der Waals surface area (Å²) in [6.45, 7) is 9.82. The Balaban J connectivity index is 1.92. The molecule has 0 aliphatic carbocycles. The van der Waals surface area contributed by atoms with Gasteiger partial charge >= 0.3 is 0 Å². The van der Waals surface area contributed by atoms with Crippen LogP contribution < -0.4 is 14.5 Å². The third kappa shape index (κ3) is 4.88. The lowest BCUT2D eigenvalue weighted by molar-refractivity contribution is -0.132. The van der Waals surface area contributed by atoms with Crippen LogP contribution in [0.2, 0.25) is 0 Å². The molecule has 0 aromatic heterocycles. The summed E-state index contributed by atoms with van der Waals surface area (Å²) in [7, 11) is 1.55. The van der Waals surface area contributed by atoms with E-state index in [4.69, 9.17) is 4.74 Å². The van der Waals surface area contributed by atoms with Gasteiger partial charge in [-0.1, -0.05) is 29.8 Å². The molecule has 1 unspecified atom stereocenters. The van der Waals surface area contributed by atoms with E-state index in [-0.39, 0.29) is 11.3 Å². The van der Waals surface area contributed by atoms with Crippen LogP contribution in [0.4, 0.5) is 11.4 Å². The fourth-order valence-electron chi connectivity index (χ4n) is 4.90. The number of carbonyl (C=O) groups is 2. The van der Waals surface area contributed by atoms with Crippen molar-refractivity contribution in [1.29, 1.82) is 0 Å². The van der Waals surface area contributed by atoms with Gasteiger partial charge in [-0.05, 0) is 91.1 Å². The van der Waals surface area contributed by atoms with Gasteiger partial charge in [0, 0.05) is 30.0 Å². The van der Waals surface area contributed by atoms with Gasteiger partial charge in [0.05, 0.1) is 23.2 Å². The van der Waals surface area contributed by atoms with Gasteiger partial charge in [0.2, 0.25) is 0 Å². The molecule has 3 aromatic rings. The van der Waals surface area contributed by atoms with Crippen LogP contribution in [0.15, 0.2) is 70.7 Å². The van der Waals surface area contributed by atoms with Gasteiger partial charge in [-0.25, -0.2) is 0 Å². The quantitative estimate of drug-likeness (QED) is 0.201. The van der Waals surface area contributed by atoms with Gasteiger partial charge < -0.3 is 14.7 Å². The van der Waals surface area contributed by atoms with Crippen LogP contribution in [0, 0.1) is 13.8 Å². The van der Waals surface area contributed by atoms with E-state index in [1.807, 2.05) is 56.3 Å². The molecule has 4 rings (SSSR count). The van der Waals surface area contributed by atoms with Crippen LogP contribution in [-0.4, -0.2) is 37.0 Å². The summed E-state index contributed by atoms with van der Waals surface area (Å²) in [6, 6.07) is 17.9. The molecule has 1 N–H and O–H groups in total. The number of anilines is 2. The molecule has 7 heteroatoms. The summed E-state index contributed by atoms with van der Waals surface area (Å²) in [6.07, 6.45) is 0. The van der Waals surface area contributed by atoms with Gasteiger partial charge in [0.15, 0.2) is 0 Å². The number of nitrogens with zero attached hydrogens (tertiary/aromatic N) is 2. The number of halogens is 1. The molecule has 0 spiro atoms. The molecular formula is C30H31BrN2O4. The number of carbonyl (C=O) groups excluding carboxylic acids is 2. The predicted octanol–water partition coefficient (Wildman–Crippen LogP) is 6.55. The standard InChI is InChI=1S/C30H31BrN2O4/c1-6-32(7-2)22-12-9-20(10-13-22)27-26(28(34)21-11-15-25(37-5)23(31)17-21)29(35)30(36)33(27)24-14-8-18(3)16-19(24)4/h8-17,27,34H,6-7H2,1-5H3/b28-26+. The lowest BCUT2D eigenvalue weighted by atomic mass is 9.94. The average molecular weight is 563 g/mol. The number of methoxy groups -OCH3 is 1. The Labute approximate surface area is 226 Å². The highest BCUT2D eigenvalue weighted by molar-refractivity contribution is 9.10. The summed E-state index contributed by atoms with van der Waals surface area (Å²) in [5, 5.41) is 11.4. The Morgan fingerprint density at radius 1 is 1.00 bits per heavy atom. The first-order chi connectivity index (χ1) is 17.7. The van der Waals surface area contributed by atoms with Gasteiger partial charge in [-0.3, -0.25) is 14.5 Å². The van der Waals surface area contributed by atoms with E-state index >= 15 is 0 Å². The SMILES string of the molecule is CCN(CC)c1ccc(C2/C(=C(\O)c3ccc(OC)c(Br)c3)C(=O)C(=O)N2c2ccc(C)cc2C)cc1. The summed E-state index contributed by atoms with van der Waals surface area (Å²) < 4.78 is 5.93. The number of aliphatic hydroxyl groups excluding tert-OH is 1. The second-order valence-corrected chi connectivity index (χ2v) is 9.93. The molecule has 0 saturated carbocycles. The molecule has 3 aromatic carbocycles. The van der Waals surface area contributed by atoms with Crippen LogP contribution in [-0.2, 0) is 9.59 Å². The highest BCUT2D eigenvalue weighted by Crippen LogP contribution is 2.44. The Morgan fingerprint density at radius 2 is 1.68 bits per heavy atom. The fourth-order valence-corrected chi connectivity index (χ4v) is 5.44. The highest BCUT2D eigenvalue weighted by Gasteiger charge is 2.47. The van der Waals surface area contributed by atoms with Crippen molar-refractivity contribution in [2.45, 2.75) is 33.7 Å². The summed E-state index contributed by atoms with van der Waals surface area (Å²) in [5.41, 5.74) is 4.83. The molecule has 0 bridgehead atoms. The second-order valence-electron chi connectivity index (χ2n) is 9.07. The van der Waals surface area contributed by atoms with Crippen molar-refractivity contribution in [3.63, 3.8) is 0 Å². The van der Waals surface area contributed by atoms with E-state index in [2.05, 4.69) is 34.7 Å². The smallest absolute Gasteiger partial charge is 0.300 e. The molecule has 1 heterocycles. The minimum atomic E-state index is -0.784. The number of rotatable bonds is 7. The number of ether oxygens (including phenoxy) is 1. The molecule has 192 valence electrons. The van der Waals surface area contributed by atoms with Crippen LogP contribution >= 0.6 is 15.9 Å². The van der Waals surface area contributed by atoms with E-state index in [0.29, 0.717) is 21.5 Å². The molecule has 1 saturated heterocycles. The van der Waals surface area contributed by atoms with Gasteiger partial charge in [0.1, 0.15) is 11.5 Å². The first-order valence-electron chi connectivity index (χ1n) is 12.3. The van der Waals surface area contributed by atoms with E-state index in [0.717, 1.165) is 35.5 Å². The number of Topliss-reactive ketones (excluding diaryl/α,β-unsaturated/α-hetero) is 1. The molecule has 37 heavy (non-hydrogen) atoms. The third-order valence-corrected chi connectivity index (χ3v) is 7.44. The van der Waals surface area contributed by atoms with E-state index < -0.39 is 17.7 Å².